The van der Waals surface area contributed by atoms with Gasteiger partial charge in [-0.1, -0.05) is 32.1 Å². The summed E-state index contributed by atoms with van der Waals surface area (Å²) in [5.74, 6) is 0.0941. The molecule has 0 aliphatic carbocycles. The van der Waals surface area contributed by atoms with E-state index >= 15 is 0 Å². The number of allylic oxidation sites excluding steroid dienone is 2. The van der Waals surface area contributed by atoms with E-state index in [4.69, 9.17) is 0 Å². The van der Waals surface area contributed by atoms with Crippen LogP contribution in [-0.4, -0.2) is 65.7 Å². The first-order chi connectivity index (χ1) is 12.4. The Labute approximate surface area is 158 Å². The predicted molar refractivity (Wildman–Crippen MR) is 106 cm³/mol. The SMILES string of the molecule is C=C1CN(C(=O)/C=C/C2CCCN2C)CCN1/C(=C\CCCC)C(C)=O. The van der Waals surface area contributed by atoms with Crippen LogP contribution in [0.25, 0.3) is 0 Å². The Morgan fingerprint density at radius 3 is 2.62 bits per heavy atom. The summed E-state index contributed by atoms with van der Waals surface area (Å²) in [6.07, 6.45) is 11.1. The van der Waals surface area contributed by atoms with E-state index in [1.54, 1.807) is 13.0 Å². The van der Waals surface area contributed by atoms with E-state index in [-0.39, 0.29) is 11.7 Å². The lowest BCUT2D eigenvalue weighted by molar-refractivity contribution is -0.126. The van der Waals surface area contributed by atoms with E-state index < -0.39 is 0 Å². The molecule has 2 aliphatic heterocycles. The van der Waals surface area contributed by atoms with Crippen molar-refractivity contribution in [1.29, 1.82) is 0 Å². The maximum atomic E-state index is 12.5. The molecule has 2 fully saturated rings. The van der Waals surface area contributed by atoms with E-state index in [0.29, 0.717) is 25.7 Å². The minimum absolute atomic E-state index is 0.0328. The molecular formula is C21H33N3O2. The van der Waals surface area contributed by atoms with E-state index in [2.05, 4.69) is 25.5 Å². The van der Waals surface area contributed by atoms with Crippen molar-refractivity contribution in [2.45, 2.75) is 52.0 Å². The molecule has 1 unspecified atom stereocenters. The maximum absolute atomic E-state index is 12.5. The number of Topliss-reactive ketones (excluding diaryl/α,β-unsaturated/α-hetero) is 1. The Kier molecular flexibility index (Phi) is 7.64. The number of ketones is 1. The number of carbonyl (C=O) groups excluding carboxylic acids is 2. The first kappa shape index (κ1) is 20.4. The van der Waals surface area contributed by atoms with Crippen molar-refractivity contribution in [2.24, 2.45) is 0 Å². The van der Waals surface area contributed by atoms with Crippen LogP contribution in [0.2, 0.25) is 0 Å². The molecule has 2 rings (SSSR count). The summed E-state index contributed by atoms with van der Waals surface area (Å²) in [6.45, 7) is 10.7. The van der Waals surface area contributed by atoms with Gasteiger partial charge in [0.25, 0.3) is 0 Å². The molecule has 26 heavy (non-hydrogen) atoms. The summed E-state index contributed by atoms with van der Waals surface area (Å²) in [6, 6.07) is 0.370. The van der Waals surface area contributed by atoms with Gasteiger partial charge in [0.15, 0.2) is 5.78 Å². The molecule has 1 atom stereocenters. The first-order valence-corrected chi connectivity index (χ1v) is 9.77. The summed E-state index contributed by atoms with van der Waals surface area (Å²) in [7, 11) is 2.10. The molecule has 0 N–H and O–H groups in total. The zero-order chi connectivity index (χ0) is 19.1. The zero-order valence-electron chi connectivity index (χ0n) is 16.5. The second-order valence-electron chi connectivity index (χ2n) is 7.31. The predicted octanol–water partition coefficient (Wildman–Crippen LogP) is 2.96. The fourth-order valence-electron chi connectivity index (χ4n) is 3.61. The highest BCUT2D eigenvalue weighted by Gasteiger charge is 2.26. The van der Waals surface area contributed by atoms with Crippen molar-refractivity contribution in [3.8, 4) is 0 Å². The van der Waals surface area contributed by atoms with Gasteiger partial charge < -0.3 is 9.80 Å². The molecule has 0 radical (unpaired) electrons. The molecule has 144 valence electrons. The lowest BCUT2D eigenvalue weighted by atomic mass is 10.1. The van der Waals surface area contributed by atoms with Crippen molar-refractivity contribution in [3.05, 3.63) is 36.2 Å². The fourth-order valence-corrected chi connectivity index (χ4v) is 3.61. The molecule has 0 aromatic rings. The second kappa shape index (κ2) is 9.72. The van der Waals surface area contributed by atoms with E-state index in [1.807, 2.05) is 22.0 Å². The van der Waals surface area contributed by atoms with Crippen molar-refractivity contribution >= 4 is 11.7 Å². The number of unbranched alkanes of at least 4 members (excludes halogenated alkanes) is 2. The third-order valence-corrected chi connectivity index (χ3v) is 5.24. The molecule has 2 saturated heterocycles. The van der Waals surface area contributed by atoms with Crippen LogP contribution in [0, 0.1) is 0 Å². The van der Waals surface area contributed by atoms with Gasteiger partial charge in [-0.15, -0.1) is 0 Å². The molecule has 5 heteroatoms. The Balaban J connectivity index is 1.95. The summed E-state index contributed by atoms with van der Waals surface area (Å²) in [5, 5.41) is 0. The van der Waals surface area contributed by atoms with Crippen LogP contribution in [-0.2, 0) is 9.59 Å². The van der Waals surface area contributed by atoms with Crippen LogP contribution in [0.5, 0.6) is 0 Å². The number of carbonyl (C=O) groups is 2. The normalized spacial score (nSPS) is 22.5. The van der Waals surface area contributed by atoms with Gasteiger partial charge in [-0.05, 0) is 39.3 Å². The molecule has 0 bridgehead atoms. The molecule has 1 amide bonds. The third-order valence-electron chi connectivity index (χ3n) is 5.24. The zero-order valence-corrected chi connectivity index (χ0v) is 16.5. The lowest BCUT2D eigenvalue weighted by Crippen LogP contribution is -2.46. The van der Waals surface area contributed by atoms with Crippen LogP contribution in [0.15, 0.2) is 36.2 Å². The van der Waals surface area contributed by atoms with Gasteiger partial charge in [0, 0.05) is 37.8 Å². The average Bonchev–Trinajstić information content (AvgIpc) is 3.02. The summed E-state index contributed by atoms with van der Waals surface area (Å²) >= 11 is 0. The Morgan fingerprint density at radius 2 is 2.04 bits per heavy atom. The highest BCUT2D eigenvalue weighted by Crippen LogP contribution is 2.20. The quantitative estimate of drug-likeness (QED) is 0.518. The first-order valence-electron chi connectivity index (χ1n) is 9.77. The number of hydrogen-bond acceptors (Lipinski definition) is 4. The smallest absolute Gasteiger partial charge is 0.246 e. The van der Waals surface area contributed by atoms with Gasteiger partial charge in [-0.25, -0.2) is 0 Å². The molecule has 2 aliphatic rings. The van der Waals surface area contributed by atoms with Crippen molar-refractivity contribution in [2.75, 3.05) is 33.2 Å². The van der Waals surface area contributed by atoms with Gasteiger partial charge >= 0.3 is 0 Å². The molecule has 0 aromatic heterocycles. The van der Waals surface area contributed by atoms with Crippen molar-refractivity contribution < 1.29 is 9.59 Å². The number of likely N-dealkylation sites (tertiary alicyclic amines) is 1. The number of amides is 1. The van der Waals surface area contributed by atoms with Gasteiger partial charge in [-0.2, -0.15) is 0 Å². The van der Waals surface area contributed by atoms with E-state index in [0.717, 1.165) is 43.6 Å². The summed E-state index contributed by atoms with van der Waals surface area (Å²) in [5.41, 5.74) is 1.53. The number of nitrogens with zero attached hydrogens (tertiary/aromatic N) is 3. The lowest BCUT2D eigenvalue weighted by Gasteiger charge is -2.38. The van der Waals surface area contributed by atoms with Gasteiger partial charge in [-0.3, -0.25) is 14.5 Å². The second-order valence-corrected chi connectivity index (χ2v) is 7.31. The average molecular weight is 360 g/mol. The number of likely N-dealkylation sites (N-methyl/N-ethyl adjacent to an activating group) is 1. The topological polar surface area (TPSA) is 43.9 Å². The molecule has 0 aromatic carbocycles. The monoisotopic (exact) mass is 359 g/mol. The van der Waals surface area contributed by atoms with E-state index in [1.165, 1.54) is 6.42 Å². The maximum Gasteiger partial charge on any atom is 0.246 e. The third kappa shape index (κ3) is 5.31. The van der Waals surface area contributed by atoms with Crippen LogP contribution < -0.4 is 0 Å². The van der Waals surface area contributed by atoms with Crippen LogP contribution in [0.3, 0.4) is 0 Å². The largest absolute Gasteiger partial charge is 0.340 e. The highest BCUT2D eigenvalue weighted by molar-refractivity contribution is 5.93. The Bertz CT molecular complexity index is 594. The van der Waals surface area contributed by atoms with Crippen LogP contribution in [0.1, 0.15) is 46.0 Å². The summed E-state index contributed by atoms with van der Waals surface area (Å²) in [4.78, 5) is 30.6. The number of rotatable bonds is 7. The Hall–Kier alpha value is -1.88. The molecule has 0 saturated carbocycles. The minimum atomic E-state index is 0.0328. The van der Waals surface area contributed by atoms with Crippen molar-refractivity contribution in [1.82, 2.24) is 14.7 Å². The molecule has 2 heterocycles. The Morgan fingerprint density at radius 1 is 1.27 bits per heavy atom. The van der Waals surface area contributed by atoms with Gasteiger partial charge in [0.2, 0.25) is 5.91 Å². The standard InChI is InChI=1S/C21H33N3O2/c1-5-6-7-10-20(18(3)25)24-15-14-23(16-17(24)2)21(26)12-11-19-9-8-13-22(19)4/h10-12,19H,2,5-9,13-16H2,1,3-4H3/b12-11+,20-10-. The molecule has 0 spiro atoms. The fraction of sp³-hybridized carbons (Fsp3) is 0.619. The number of hydrogen-bond donors (Lipinski definition) is 0. The van der Waals surface area contributed by atoms with Crippen LogP contribution in [0.4, 0.5) is 0 Å². The van der Waals surface area contributed by atoms with Crippen LogP contribution >= 0.6 is 0 Å². The van der Waals surface area contributed by atoms with Crippen molar-refractivity contribution in [3.63, 3.8) is 0 Å². The summed E-state index contributed by atoms with van der Waals surface area (Å²) < 4.78 is 0. The number of piperazine rings is 1. The minimum Gasteiger partial charge on any atom is -0.340 e. The van der Waals surface area contributed by atoms with Gasteiger partial charge in [0.05, 0.1) is 12.2 Å². The van der Waals surface area contributed by atoms with E-state index in [9.17, 15) is 9.59 Å². The highest BCUT2D eigenvalue weighted by atomic mass is 16.2. The molecular weight excluding hydrogens is 326 g/mol. The molecule has 5 nitrogen and oxygen atoms in total. The van der Waals surface area contributed by atoms with Gasteiger partial charge in [0.1, 0.15) is 0 Å².